The summed E-state index contributed by atoms with van der Waals surface area (Å²) in [5.41, 5.74) is 6.32. The first-order valence-corrected chi connectivity index (χ1v) is 6.19. The van der Waals surface area contributed by atoms with Crippen LogP contribution in [0.4, 0.5) is 17.3 Å². The van der Waals surface area contributed by atoms with Gasteiger partial charge in [-0.3, -0.25) is 4.98 Å². The summed E-state index contributed by atoms with van der Waals surface area (Å²) in [5, 5.41) is 3.02. The normalized spacial score (nSPS) is 10.1. The monoisotopic (exact) mass is 280 g/mol. The molecule has 0 amide bonds. The molecule has 3 heterocycles. The van der Waals surface area contributed by atoms with Crippen LogP contribution in [0.5, 0.6) is 11.6 Å². The van der Waals surface area contributed by atoms with Gasteiger partial charge in [-0.2, -0.15) is 4.98 Å². The van der Waals surface area contributed by atoms with E-state index in [-0.39, 0.29) is 5.88 Å². The van der Waals surface area contributed by atoms with Crippen LogP contribution in [-0.4, -0.2) is 19.9 Å². The number of hydrogen-bond acceptors (Lipinski definition) is 7. The number of nitrogens with one attached hydrogen (secondary N) is 1. The predicted octanol–water partition coefficient (Wildman–Crippen LogP) is 2.38. The zero-order valence-electron chi connectivity index (χ0n) is 11.0. The van der Waals surface area contributed by atoms with Crippen molar-refractivity contribution in [2.75, 3.05) is 11.1 Å². The second kappa shape index (κ2) is 5.83. The fourth-order valence-electron chi connectivity index (χ4n) is 1.64. The first-order valence-electron chi connectivity index (χ1n) is 6.19. The Morgan fingerprint density at radius 1 is 1.00 bits per heavy atom. The van der Waals surface area contributed by atoms with Crippen LogP contribution in [0.3, 0.4) is 0 Å². The highest BCUT2D eigenvalue weighted by atomic mass is 16.5. The van der Waals surface area contributed by atoms with E-state index in [0.29, 0.717) is 23.1 Å². The van der Waals surface area contributed by atoms with Crippen molar-refractivity contribution >= 4 is 17.3 Å². The lowest BCUT2D eigenvalue weighted by atomic mass is 10.4. The van der Waals surface area contributed by atoms with E-state index < -0.39 is 0 Å². The molecule has 0 aromatic carbocycles. The van der Waals surface area contributed by atoms with Crippen molar-refractivity contribution in [2.24, 2.45) is 0 Å². The zero-order valence-corrected chi connectivity index (χ0v) is 11.0. The van der Waals surface area contributed by atoms with Gasteiger partial charge in [0.1, 0.15) is 23.6 Å². The van der Waals surface area contributed by atoms with Crippen molar-refractivity contribution in [3.63, 3.8) is 0 Å². The first-order chi connectivity index (χ1) is 10.3. The Morgan fingerprint density at radius 3 is 2.71 bits per heavy atom. The Morgan fingerprint density at radius 2 is 1.95 bits per heavy atom. The van der Waals surface area contributed by atoms with Gasteiger partial charge in [0.05, 0.1) is 6.20 Å². The average molecular weight is 280 g/mol. The molecule has 3 rings (SSSR count). The molecule has 21 heavy (non-hydrogen) atoms. The number of nitrogens with two attached hydrogens (primary N) is 1. The smallest absolute Gasteiger partial charge is 0.248 e. The standard InChI is InChI=1S/C14H12N6O/c15-12-13(20-11-5-1-2-7-17-11)18-9-19-14(12)21-10-4-3-6-16-8-10/h1-9H,15H2,(H,17,18,19,20). The molecule has 0 aliphatic heterocycles. The third-order valence-electron chi connectivity index (χ3n) is 2.61. The Kier molecular flexibility index (Phi) is 3.55. The molecular weight excluding hydrogens is 268 g/mol. The first kappa shape index (κ1) is 12.8. The number of anilines is 3. The van der Waals surface area contributed by atoms with Gasteiger partial charge in [-0.1, -0.05) is 6.07 Å². The van der Waals surface area contributed by atoms with Crippen LogP contribution in [0.1, 0.15) is 0 Å². The largest absolute Gasteiger partial charge is 0.435 e. The zero-order chi connectivity index (χ0) is 14.5. The van der Waals surface area contributed by atoms with Crippen molar-refractivity contribution in [1.29, 1.82) is 0 Å². The Labute approximate surface area is 120 Å². The van der Waals surface area contributed by atoms with E-state index in [9.17, 15) is 0 Å². The van der Waals surface area contributed by atoms with Gasteiger partial charge in [0, 0.05) is 12.4 Å². The van der Waals surface area contributed by atoms with Crippen molar-refractivity contribution in [3.05, 3.63) is 55.2 Å². The summed E-state index contributed by atoms with van der Waals surface area (Å²) in [6.07, 6.45) is 6.28. The number of nitrogens with zero attached hydrogens (tertiary/aromatic N) is 4. The van der Waals surface area contributed by atoms with E-state index in [1.54, 1.807) is 30.7 Å². The number of pyridine rings is 2. The number of ether oxygens (including phenoxy) is 1. The Balaban J connectivity index is 1.85. The SMILES string of the molecule is Nc1c(Nc2ccccn2)ncnc1Oc1cccnc1. The minimum Gasteiger partial charge on any atom is -0.435 e. The predicted molar refractivity (Wildman–Crippen MR) is 78.3 cm³/mol. The van der Waals surface area contributed by atoms with Gasteiger partial charge in [0.15, 0.2) is 5.82 Å². The van der Waals surface area contributed by atoms with Gasteiger partial charge in [0.2, 0.25) is 5.88 Å². The lowest BCUT2D eigenvalue weighted by molar-refractivity contribution is 0.462. The second-order valence-electron chi connectivity index (χ2n) is 4.07. The van der Waals surface area contributed by atoms with Gasteiger partial charge < -0.3 is 15.8 Å². The Bertz CT molecular complexity index is 660. The molecule has 7 heteroatoms. The number of aromatic nitrogens is 4. The highest BCUT2D eigenvalue weighted by Gasteiger charge is 2.10. The summed E-state index contributed by atoms with van der Waals surface area (Å²) >= 11 is 0. The van der Waals surface area contributed by atoms with Crippen molar-refractivity contribution in [3.8, 4) is 11.6 Å². The van der Waals surface area contributed by atoms with Gasteiger partial charge in [-0.15, -0.1) is 0 Å². The number of hydrogen-bond donors (Lipinski definition) is 2. The van der Waals surface area contributed by atoms with Crippen LogP contribution in [0, 0.1) is 0 Å². The molecule has 3 aromatic heterocycles. The number of rotatable bonds is 4. The summed E-state index contributed by atoms with van der Waals surface area (Å²) in [7, 11) is 0. The molecule has 0 fully saturated rings. The number of nitrogen functional groups attached to an aromatic ring is 1. The summed E-state index contributed by atoms with van der Waals surface area (Å²) in [4.78, 5) is 16.2. The molecule has 0 bridgehead atoms. The van der Waals surface area contributed by atoms with E-state index in [2.05, 4.69) is 25.3 Å². The molecule has 0 aliphatic rings. The van der Waals surface area contributed by atoms with Crippen molar-refractivity contribution < 1.29 is 4.74 Å². The minimum absolute atomic E-state index is 0.261. The highest BCUT2D eigenvalue weighted by molar-refractivity contribution is 5.71. The van der Waals surface area contributed by atoms with Crippen LogP contribution in [0.15, 0.2) is 55.2 Å². The fraction of sp³-hybridized carbons (Fsp3) is 0. The van der Waals surface area contributed by atoms with Crippen molar-refractivity contribution in [1.82, 2.24) is 19.9 Å². The Hall–Kier alpha value is -3.22. The van der Waals surface area contributed by atoms with Gasteiger partial charge in [-0.25, -0.2) is 9.97 Å². The second-order valence-corrected chi connectivity index (χ2v) is 4.07. The molecule has 7 nitrogen and oxygen atoms in total. The van der Waals surface area contributed by atoms with E-state index >= 15 is 0 Å². The van der Waals surface area contributed by atoms with Gasteiger partial charge in [-0.05, 0) is 24.3 Å². The van der Waals surface area contributed by atoms with Crippen LogP contribution >= 0.6 is 0 Å². The lowest BCUT2D eigenvalue weighted by Gasteiger charge is -2.10. The molecule has 0 aliphatic carbocycles. The third-order valence-corrected chi connectivity index (χ3v) is 2.61. The maximum atomic E-state index is 6.02. The summed E-state index contributed by atoms with van der Waals surface area (Å²) < 4.78 is 5.59. The van der Waals surface area contributed by atoms with Gasteiger partial charge in [0.25, 0.3) is 0 Å². The molecule has 0 radical (unpaired) electrons. The molecule has 3 N–H and O–H groups in total. The molecule has 104 valence electrons. The van der Waals surface area contributed by atoms with E-state index in [1.165, 1.54) is 6.33 Å². The molecule has 0 spiro atoms. The molecule has 0 saturated carbocycles. The highest BCUT2D eigenvalue weighted by Crippen LogP contribution is 2.29. The van der Waals surface area contributed by atoms with E-state index in [4.69, 9.17) is 10.5 Å². The average Bonchev–Trinajstić information content (AvgIpc) is 2.53. The maximum Gasteiger partial charge on any atom is 0.248 e. The van der Waals surface area contributed by atoms with Crippen LogP contribution in [0.25, 0.3) is 0 Å². The summed E-state index contributed by atoms with van der Waals surface area (Å²) in [6, 6.07) is 9.02. The fourth-order valence-corrected chi connectivity index (χ4v) is 1.64. The van der Waals surface area contributed by atoms with Crippen LogP contribution in [0.2, 0.25) is 0 Å². The summed E-state index contributed by atoms with van der Waals surface area (Å²) in [6.45, 7) is 0. The minimum atomic E-state index is 0.261. The molecule has 0 saturated heterocycles. The molecule has 0 unspecified atom stereocenters. The quantitative estimate of drug-likeness (QED) is 0.756. The maximum absolute atomic E-state index is 6.02. The topological polar surface area (TPSA) is 98.8 Å². The molecule has 0 atom stereocenters. The molecular formula is C14H12N6O. The van der Waals surface area contributed by atoms with Gasteiger partial charge >= 0.3 is 0 Å². The van der Waals surface area contributed by atoms with Crippen LogP contribution < -0.4 is 15.8 Å². The summed E-state index contributed by atoms with van der Waals surface area (Å²) in [5.74, 6) is 1.88. The van der Waals surface area contributed by atoms with Crippen LogP contribution in [-0.2, 0) is 0 Å². The lowest BCUT2D eigenvalue weighted by Crippen LogP contribution is -2.03. The van der Waals surface area contributed by atoms with E-state index in [1.807, 2.05) is 18.2 Å². The third kappa shape index (κ3) is 3.03. The van der Waals surface area contributed by atoms with E-state index in [0.717, 1.165) is 0 Å². The van der Waals surface area contributed by atoms with Crippen molar-refractivity contribution in [2.45, 2.75) is 0 Å². The molecule has 3 aromatic rings.